The molecular weight excluding hydrogens is 226 g/mol. The fourth-order valence-electron chi connectivity index (χ4n) is 2.27. The van der Waals surface area contributed by atoms with Crippen LogP contribution in [-0.4, -0.2) is 35.4 Å². The summed E-state index contributed by atoms with van der Waals surface area (Å²) in [4.78, 5) is 18.6. The number of carbonyl (C=O) groups excluding carboxylic acids is 1. The lowest BCUT2D eigenvalue weighted by Gasteiger charge is -2.19. The van der Waals surface area contributed by atoms with Gasteiger partial charge in [0.25, 0.3) is 5.91 Å². The summed E-state index contributed by atoms with van der Waals surface area (Å²) in [5, 5.41) is 3.14. The third-order valence-electron chi connectivity index (χ3n) is 3.22. The van der Waals surface area contributed by atoms with Gasteiger partial charge in [0.2, 0.25) is 0 Å². The quantitative estimate of drug-likeness (QED) is 0.892. The molecule has 1 aromatic rings. The Morgan fingerprint density at radius 2 is 2.00 bits per heavy atom. The first-order valence-corrected chi connectivity index (χ1v) is 6.81. The van der Waals surface area contributed by atoms with Crippen LogP contribution in [0.5, 0.6) is 0 Å². The van der Waals surface area contributed by atoms with Crippen LogP contribution < -0.4 is 5.32 Å². The Morgan fingerprint density at radius 3 is 2.67 bits per heavy atom. The molecule has 1 aliphatic heterocycles. The molecule has 0 aliphatic carbocycles. The molecule has 1 fully saturated rings. The van der Waals surface area contributed by atoms with E-state index in [-0.39, 0.29) is 5.91 Å². The summed E-state index contributed by atoms with van der Waals surface area (Å²) in [6.45, 7) is 4.57. The van der Waals surface area contributed by atoms with Crippen LogP contribution in [0.1, 0.15) is 43.1 Å². The number of nitrogens with zero attached hydrogens (tertiary/aromatic N) is 2. The number of anilines is 1. The zero-order valence-corrected chi connectivity index (χ0v) is 11.0. The van der Waals surface area contributed by atoms with Crippen molar-refractivity contribution >= 4 is 11.7 Å². The SMILES string of the molecule is CCNc1cccc(C(=O)N2CCCCCC2)n1. The summed E-state index contributed by atoms with van der Waals surface area (Å²) in [5.74, 6) is 0.842. The average Bonchev–Trinajstić information content (AvgIpc) is 2.67. The van der Waals surface area contributed by atoms with Crippen LogP contribution in [0.25, 0.3) is 0 Å². The number of hydrogen-bond donors (Lipinski definition) is 1. The maximum atomic E-state index is 12.3. The van der Waals surface area contributed by atoms with Crippen molar-refractivity contribution in [2.24, 2.45) is 0 Å². The fraction of sp³-hybridized carbons (Fsp3) is 0.571. The molecule has 1 aromatic heterocycles. The third-order valence-corrected chi connectivity index (χ3v) is 3.22. The van der Waals surface area contributed by atoms with E-state index in [0.29, 0.717) is 5.69 Å². The zero-order chi connectivity index (χ0) is 12.8. The first kappa shape index (κ1) is 12.9. The van der Waals surface area contributed by atoms with Crippen LogP contribution in [0.3, 0.4) is 0 Å². The van der Waals surface area contributed by atoms with Crippen LogP contribution in [0, 0.1) is 0 Å². The average molecular weight is 247 g/mol. The van der Waals surface area contributed by atoms with E-state index in [1.807, 2.05) is 24.0 Å². The minimum Gasteiger partial charge on any atom is -0.370 e. The highest BCUT2D eigenvalue weighted by Gasteiger charge is 2.18. The highest BCUT2D eigenvalue weighted by molar-refractivity contribution is 5.92. The van der Waals surface area contributed by atoms with Gasteiger partial charge in [-0.3, -0.25) is 4.79 Å². The molecule has 0 spiro atoms. The Kier molecular flexibility index (Phi) is 4.56. The number of aromatic nitrogens is 1. The maximum Gasteiger partial charge on any atom is 0.272 e. The molecule has 0 aromatic carbocycles. The minimum absolute atomic E-state index is 0.0663. The Bertz CT molecular complexity index is 398. The summed E-state index contributed by atoms with van der Waals surface area (Å²) in [7, 11) is 0. The molecule has 0 bridgehead atoms. The number of likely N-dealkylation sites (tertiary alicyclic amines) is 1. The summed E-state index contributed by atoms with van der Waals surface area (Å²) in [5.41, 5.74) is 0.551. The molecule has 1 saturated heterocycles. The number of hydrogen-bond acceptors (Lipinski definition) is 3. The number of pyridine rings is 1. The van der Waals surface area contributed by atoms with E-state index in [4.69, 9.17) is 0 Å². The largest absolute Gasteiger partial charge is 0.370 e. The zero-order valence-electron chi connectivity index (χ0n) is 11.0. The monoisotopic (exact) mass is 247 g/mol. The van der Waals surface area contributed by atoms with Crippen molar-refractivity contribution in [1.29, 1.82) is 0 Å². The van der Waals surface area contributed by atoms with Crippen molar-refractivity contribution in [3.63, 3.8) is 0 Å². The van der Waals surface area contributed by atoms with Crippen molar-refractivity contribution in [2.45, 2.75) is 32.6 Å². The molecule has 2 heterocycles. The number of amides is 1. The normalized spacial score (nSPS) is 16.2. The Morgan fingerprint density at radius 1 is 1.28 bits per heavy atom. The first-order chi connectivity index (χ1) is 8.81. The molecule has 1 amide bonds. The van der Waals surface area contributed by atoms with E-state index in [9.17, 15) is 4.79 Å². The van der Waals surface area contributed by atoms with Gasteiger partial charge in [0.15, 0.2) is 0 Å². The summed E-state index contributed by atoms with van der Waals surface area (Å²) >= 11 is 0. The van der Waals surface area contributed by atoms with Crippen molar-refractivity contribution in [2.75, 3.05) is 25.0 Å². The molecule has 98 valence electrons. The number of nitrogens with one attached hydrogen (secondary N) is 1. The molecule has 0 radical (unpaired) electrons. The predicted molar refractivity (Wildman–Crippen MR) is 72.8 cm³/mol. The molecule has 0 unspecified atom stereocenters. The minimum atomic E-state index is 0.0663. The molecule has 0 saturated carbocycles. The topological polar surface area (TPSA) is 45.2 Å². The first-order valence-electron chi connectivity index (χ1n) is 6.81. The smallest absolute Gasteiger partial charge is 0.272 e. The second-order valence-corrected chi connectivity index (χ2v) is 4.64. The lowest BCUT2D eigenvalue weighted by atomic mass is 10.2. The van der Waals surface area contributed by atoms with E-state index in [0.717, 1.165) is 38.3 Å². The lowest BCUT2D eigenvalue weighted by Crippen LogP contribution is -2.32. The molecule has 0 atom stereocenters. The highest BCUT2D eigenvalue weighted by Crippen LogP contribution is 2.13. The molecule has 1 aliphatic rings. The Balaban J connectivity index is 2.09. The van der Waals surface area contributed by atoms with E-state index in [1.54, 1.807) is 6.07 Å². The van der Waals surface area contributed by atoms with Gasteiger partial charge in [-0.25, -0.2) is 4.98 Å². The summed E-state index contributed by atoms with van der Waals surface area (Å²) in [6.07, 6.45) is 4.68. The van der Waals surface area contributed by atoms with Crippen LogP contribution in [0.2, 0.25) is 0 Å². The van der Waals surface area contributed by atoms with Crippen LogP contribution in [0.4, 0.5) is 5.82 Å². The molecule has 2 rings (SSSR count). The maximum absolute atomic E-state index is 12.3. The van der Waals surface area contributed by atoms with E-state index >= 15 is 0 Å². The second kappa shape index (κ2) is 6.38. The van der Waals surface area contributed by atoms with Gasteiger partial charge in [-0.1, -0.05) is 18.9 Å². The Labute approximate surface area is 108 Å². The fourth-order valence-corrected chi connectivity index (χ4v) is 2.27. The number of rotatable bonds is 3. The lowest BCUT2D eigenvalue weighted by molar-refractivity contribution is 0.0756. The molecule has 4 nitrogen and oxygen atoms in total. The summed E-state index contributed by atoms with van der Waals surface area (Å²) in [6, 6.07) is 5.58. The van der Waals surface area contributed by atoms with Crippen LogP contribution in [-0.2, 0) is 0 Å². The van der Waals surface area contributed by atoms with Gasteiger partial charge in [-0.2, -0.15) is 0 Å². The second-order valence-electron chi connectivity index (χ2n) is 4.64. The molecule has 18 heavy (non-hydrogen) atoms. The van der Waals surface area contributed by atoms with Gasteiger partial charge in [-0.05, 0) is 31.9 Å². The third kappa shape index (κ3) is 3.22. The van der Waals surface area contributed by atoms with Crippen molar-refractivity contribution in [1.82, 2.24) is 9.88 Å². The van der Waals surface area contributed by atoms with E-state index in [2.05, 4.69) is 10.3 Å². The predicted octanol–water partition coefficient (Wildman–Crippen LogP) is 2.53. The van der Waals surface area contributed by atoms with Crippen molar-refractivity contribution < 1.29 is 4.79 Å². The Hall–Kier alpha value is -1.58. The van der Waals surface area contributed by atoms with Crippen LogP contribution in [0.15, 0.2) is 18.2 Å². The van der Waals surface area contributed by atoms with Gasteiger partial charge in [0.05, 0.1) is 0 Å². The molecule has 1 N–H and O–H groups in total. The van der Waals surface area contributed by atoms with Crippen molar-refractivity contribution in [3.05, 3.63) is 23.9 Å². The van der Waals surface area contributed by atoms with Gasteiger partial charge >= 0.3 is 0 Å². The standard InChI is InChI=1S/C14H21N3O/c1-2-15-13-9-7-8-12(16-13)14(18)17-10-5-3-4-6-11-17/h7-9H,2-6,10-11H2,1H3,(H,15,16). The molecule has 4 heteroatoms. The van der Waals surface area contributed by atoms with Crippen LogP contribution >= 0.6 is 0 Å². The molecular formula is C14H21N3O. The van der Waals surface area contributed by atoms with Crippen molar-refractivity contribution in [3.8, 4) is 0 Å². The highest BCUT2D eigenvalue weighted by atomic mass is 16.2. The van der Waals surface area contributed by atoms with E-state index < -0.39 is 0 Å². The summed E-state index contributed by atoms with van der Waals surface area (Å²) < 4.78 is 0. The van der Waals surface area contributed by atoms with Gasteiger partial charge in [0, 0.05) is 19.6 Å². The van der Waals surface area contributed by atoms with Gasteiger partial charge < -0.3 is 10.2 Å². The number of carbonyl (C=O) groups is 1. The van der Waals surface area contributed by atoms with Gasteiger partial charge in [-0.15, -0.1) is 0 Å². The van der Waals surface area contributed by atoms with Gasteiger partial charge in [0.1, 0.15) is 11.5 Å². The van der Waals surface area contributed by atoms with E-state index in [1.165, 1.54) is 12.8 Å².